The van der Waals surface area contributed by atoms with Gasteiger partial charge in [-0.3, -0.25) is 9.80 Å². The third kappa shape index (κ3) is 11.8. The zero-order valence-electron chi connectivity index (χ0n) is 29.6. The van der Waals surface area contributed by atoms with Gasteiger partial charge in [0.2, 0.25) is 0 Å². The first kappa shape index (κ1) is 39.2. The second kappa shape index (κ2) is 17.8. The minimum Gasteiger partial charge on any atom is -0.356 e. The Labute approximate surface area is 316 Å². The molecular formula is C41H46BrF6N5. The number of piperidine rings is 3. The summed E-state index contributed by atoms with van der Waals surface area (Å²) in [6.45, 7) is 8.30. The van der Waals surface area contributed by atoms with Crippen LogP contribution in [0.25, 0.3) is 0 Å². The van der Waals surface area contributed by atoms with E-state index in [0.29, 0.717) is 17.7 Å². The Morgan fingerprint density at radius 2 is 1.02 bits per heavy atom. The maximum absolute atomic E-state index is 13.0. The molecule has 2 aromatic heterocycles. The van der Waals surface area contributed by atoms with E-state index in [1.807, 2.05) is 11.0 Å². The lowest BCUT2D eigenvalue weighted by molar-refractivity contribution is -0.138. The summed E-state index contributed by atoms with van der Waals surface area (Å²) in [4.78, 5) is 15.0. The third-order valence-electron chi connectivity index (χ3n) is 10.5. The van der Waals surface area contributed by atoms with Crippen LogP contribution >= 0.6 is 15.9 Å². The highest BCUT2D eigenvalue weighted by Crippen LogP contribution is 2.36. The number of fused-ring (bicyclic) bond motifs is 4. The Bertz CT molecular complexity index is 1700. The van der Waals surface area contributed by atoms with E-state index in [1.165, 1.54) is 62.2 Å². The van der Waals surface area contributed by atoms with E-state index in [-0.39, 0.29) is 4.60 Å². The van der Waals surface area contributed by atoms with E-state index in [0.717, 1.165) is 81.9 Å². The molecule has 1 saturated carbocycles. The second-order valence-electron chi connectivity index (χ2n) is 14.9. The van der Waals surface area contributed by atoms with Crippen molar-refractivity contribution in [2.24, 2.45) is 23.7 Å². The van der Waals surface area contributed by atoms with E-state index in [9.17, 15) is 26.3 Å². The van der Waals surface area contributed by atoms with Gasteiger partial charge in [-0.15, -0.1) is 0 Å². The van der Waals surface area contributed by atoms with Gasteiger partial charge in [-0.1, -0.05) is 67.1 Å². The van der Waals surface area contributed by atoms with Gasteiger partial charge in [0, 0.05) is 64.8 Å². The van der Waals surface area contributed by atoms with E-state index in [4.69, 9.17) is 0 Å². The van der Waals surface area contributed by atoms with Gasteiger partial charge in [-0.2, -0.15) is 26.3 Å². The summed E-state index contributed by atoms with van der Waals surface area (Å²) in [6.07, 6.45) is 0.850. The first-order valence-corrected chi connectivity index (χ1v) is 19.2. The SMILES string of the molecule is FC(F)(F)c1ccnc(Br)c1.FC(F)(F)c1ccnc(N2CC3CC(CN(Cc4ccccc4)C3)C2)c1.c1ccc(CN2CC3CCCC(C3)C2)cc1. The smallest absolute Gasteiger partial charge is 0.356 e. The van der Waals surface area contributed by atoms with Crippen molar-refractivity contribution in [3.8, 4) is 0 Å². The van der Waals surface area contributed by atoms with Crippen LogP contribution in [0.3, 0.4) is 0 Å². The molecule has 0 radical (unpaired) electrons. The number of pyridine rings is 2. The number of halogens is 7. The van der Waals surface area contributed by atoms with Crippen LogP contribution in [-0.4, -0.2) is 59.0 Å². The van der Waals surface area contributed by atoms with Crippen LogP contribution in [0, 0.1) is 23.7 Å². The molecule has 1 aliphatic carbocycles. The van der Waals surface area contributed by atoms with Gasteiger partial charge >= 0.3 is 12.4 Å². The van der Waals surface area contributed by atoms with E-state index >= 15 is 0 Å². The molecule has 284 valence electrons. The Kier molecular flexibility index (Phi) is 13.2. The van der Waals surface area contributed by atoms with Crippen molar-refractivity contribution in [1.29, 1.82) is 0 Å². The van der Waals surface area contributed by atoms with Crippen molar-refractivity contribution in [3.05, 3.63) is 124 Å². The predicted octanol–water partition coefficient (Wildman–Crippen LogP) is 10.2. The molecule has 3 saturated heterocycles. The summed E-state index contributed by atoms with van der Waals surface area (Å²) < 4.78 is 74.9. The molecule has 2 aromatic carbocycles. The maximum atomic E-state index is 13.0. The number of anilines is 1. The molecule has 8 rings (SSSR count). The fourth-order valence-electron chi connectivity index (χ4n) is 8.40. The average molecular weight is 803 g/mol. The number of hydrogen-bond donors (Lipinski definition) is 0. The molecule has 53 heavy (non-hydrogen) atoms. The van der Waals surface area contributed by atoms with E-state index in [1.54, 1.807) is 0 Å². The topological polar surface area (TPSA) is 35.5 Å². The number of likely N-dealkylation sites (tertiary alicyclic amines) is 2. The van der Waals surface area contributed by atoms with Crippen molar-refractivity contribution in [2.45, 2.75) is 57.5 Å². The first-order valence-electron chi connectivity index (χ1n) is 18.4. The van der Waals surface area contributed by atoms with Crippen LogP contribution < -0.4 is 4.90 Å². The minimum absolute atomic E-state index is 0.187. The summed E-state index contributed by atoms with van der Waals surface area (Å²) in [5.74, 6) is 3.39. The number of rotatable bonds is 5. The first-order chi connectivity index (χ1) is 25.4. The van der Waals surface area contributed by atoms with Crippen LogP contribution in [0.4, 0.5) is 32.2 Å². The number of benzene rings is 2. The van der Waals surface area contributed by atoms with Gasteiger partial charge in [0.1, 0.15) is 10.4 Å². The summed E-state index contributed by atoms with van der Waals surface area (Å²) in [5.41, 5.74) is 1.47. The maximum Gasteiger partial charge on any atom is 0.416 e. The van der Waals surface area contributed by atoms with E-state index < -0.39 is 23.5 Å². The molecule has 0 N–H and O–H groups in total. The molecule has 0 spiro atoms. The van der Waals surface area contributed by atoms with E-state index in [2.05, 4.69) is 90.3 Å². The molecule has 5 heterocycles. The zero-order valence-corrected chi connectivity index (χ0v) is 31.2. The van der Waals surface area contributed by atoms with Crippen molar-refractivity contribution >= 4 is 21.7 Å². The third-order valence-corrected chi connectivity index (χ3v) is 11.0. The van der Waals surface area contributed by atoms with Gasteiger partial charge < -0.3 is 4.90 Å². The molecular weight excluding hydrogens is 756 g/mol. The van der Waals surface area contributed by atoms with Gasteiger partial charge in [-0.25, -0.2) is 9.97 Å². The summed E-state index contributed by atoms with van der Waals surface area (Å²) in [5, 5.41) is 0. The lowest BCUT2D eigenvalue weighted by Crippen LogP contribution is -2.52. The van der Waals surface area contributed by atoms with Gasteiger partial charge in [0.15, 0.2) is 0 Å². The van der Waals surface area contributed by atoms with Crippen LogP contribution in [0.5, 0.6) is 0 Å². The lowest BCUT2D eigenvalue weighted by Gasteiger charge is -2.46. The normalized spacial score (nSPS) is 23.3. The lowest BCUT2D eigenvalue weighted by atomic mass is 9.78. The van der Waals surface area contributed by atoms with Crippen LogP contribution in [0.2, 0.25) is 0 Å². The zero-order chi connectivity index (χ0) is 37.4. The van der Waals surface area contributed by atoms with Gasteiger partial charge in [0.05, 0.1) is 11.1 Å². The Morgan fingerprint density at radius 1 is 0.566 bits per heavy atom. The fraction of sp³-hybridized carbons (Fsp3) is 0.463. The molecule has 4 aliphatic rings. The van der Waals surface area contributed by atoms with Crippen molar-refractivity contribution < 1.29 is 26.3 Å². The molecule has 4 fully saturated rings. The van der Waals surface area contributed by atoms with Crippen LogP contribution in [0.15, 0.2) is 102 Å². The van der Waals surface area contributed by atoms with Gasteiger partial charge in [0.25, 0.3) is 0 Å². The fourth-order valence-corrected chi connectivity index (χ4v) is 8.77. The van der Waals surface area contributed by atoms with Crippen LogP contribution in [0.1, 0.15) is 54.4 Å². The van der Waals surface area contributed by atoms with Crippen molar-refractivity contribution in [2.75, 3.05) is 44.2 Å². The Morgan fingerprint density at radius 3 is 1.49 bits per heavy atom. The Hall–Kier alpha value is -3.48. The number of hydrogen-bond acceptors (Lipinski definition) is 5. The largest absolute Gasteiger partial charge is 0.416 e. The highest BCUT2D eigenvalue weighted by atomic mass is 79.9. The number of aromatic nitrogens is 2. The number of nitrogens with zero attached hydrogens (tertiary/aromatic N) is 5. The summed E-state index contributed by atoms with van der Waals surface area (Å²) in [6, 6.07) is 25.4. The van der Waals surface area contributed by atoms with Crippen molar-refractivity contribution in [3.63, 3.8) is 0 Å². The quantitative estimate of drug-likeness (QED) is 0.148. The minimum atomic E-state index is -4.32. The molecule has 12 heteroatoms. The molecule has 4 bridgehead atoms. The molecule has 4 aromatic rings. The highest BCUT2D eigenvalue weighted by Gasteiger charge is 2.36. The molecule has 0 amide bonds. The standard InChI is InChI=1S/C20H22F3N3.C15H21N.C6H3BrF3N/c21-20(22,23)18-6-7-24-19(9-18)26-13-16-8-17(14-26)12-25(11-16)10-15-4-2-1-3-5-15;1-2-5-13(6-3-1)10-16-11-14-7-4-8-15(9-14)12-16;7-5-3-4(1-2-11-5)6(8,9)10/h1-7,9,16-17H,8,10-14H2;1-3,5-6,14-15H,4,7-12H2;1-3H. The van der Waals surface area contributed by atoms with Crippen LogP contribution in [-0.2, 0) is 25.4 Å². The highest BCUT2D eigenvalue weighted by molar-refractivity contribution is 9.10. The number of alkyl halides is 6. The summed E-state index contributed by atoms with van der Waals surface area (Å²) in [7, 11) is 0. The second-order valence-corrected chi connectivity index (χ2v) is 15.7. The predicted molar refractivity (Wildman–Crippen MR) is 199 cm³/mol. The van der Waals surface area contributed by atoms with Gasteiger partial charge in [-0.05, 0) is 101 Å². The monoisotopic (exact) mass is 801 g/mol. The molecule has 4 atom stereocenters. The average Bonchev–Trinajstić information content (AvgIpc) is 3.12. The Balaban J connectivity index is 0.000000151. The van der Waals surface area contributed by atoms with Crippen molar-refractivity contribution in [1.82, 2.24) is 19.8 Å². The molecule has 4 unspecified atom stereocenters. The summed E-state index contributed by atoms with van der Waals surface area (Å²) >= 11 is 2.84. The molecule has 5 nitrogen and oxygen atoms in total. The molecule has 3 aliphatic heterocycles.